The fourth-order valence-corrected chi connectivity index (χ4v) is 1.24. The van der Waals surface area contributed by atoms with Crippen molar-refractivity contribution in [3.05, 3.63) is 29.7 Å². The molecule has 3 N–H and O–H groups in total. The number of nitrogen functional groups attached to an aromatic ring is 1. The first-order valence-corrected chi connectivity index (χ1v) is 4.44. The normalized spacial score (nSPS) is 9.82. The van der Waals surface area contributed by atoms with Crippen LogP contribution in [-0.2, 0) is 0 Å². The highest BCUT2D eigenvalue weighted by Crippen LogP contribution is 2.14. The fraction of sp³-hybridized carbons (Fsp3) is 0. The quantitative estimate of drug-likeness (QED) is 0.731. The monoisotopic (exact) mass is 230 g/mol. The molecule has 0 aromatic carbocycles. The Balaban J connectivity index is 2.58. The predicted octanol–water partition coefficient (Wildman–Crippen LogP) is -0.186. The van der Waals surface area contributed by atoms with Crippen molar-refractivity contribution in [3.8, 4) is 11.9 Å². The second-order valence-electron chi connectivity index (χ2n) is 3.06. The lowest BCUT2D eigenvalue weighted by Gasteiger charge is -1.99. The Bertz CT molecular complexity index is 627. The van der Waals surface area contributed by atoms with Gasteiger partial charge in [0, 0.05) is 0 Å². The van der Waals surface area contributed by atoms with Gasteiger partial charge in [-0.1, -0.05) is 0 Å². The molecule has 84 valence electrons. The summed E-state index contributed by atoms with van der Waals surface area (Å²) in [7, 11) is 0. The van der Waals surface area contributed by atoms with Crippen molar-refractivity contribution in [2.75, 3.05) is 5.73 Å². The molecule has 0 amide bonds. The molecule has 0 fully saturated rings. The minimum Gasteiger partial charge on any atom is -0.476 e. The summed E-state index contributed by atoms with van der Waals surface area (Å²) in [6.45, 7) is 0. The highest BCUT2D eigenvalue weighted by Gasteiger charge is 2.16. The van der Waals surface area contributed by atoms with Crippen LogP contribution in [-0.4, -0.2) is 31.1 Å². The van der Waals surface area contributed by atoms with Crippen molar-refractivity contribution in [1.29, 1.82) is 5.26 Å². The molecule has 0 aliphatic rings. The third kappa shape index (κ3) is 1.76. The van der Waals surface area contributed by atoms with Gasteiger partial charge in [0.15, 0.2) is 11.5 Å². The van der Waals surface area contributed by atoms with Gasteiger partial charge in [-0.2, -0.15) is 15.5 Å². The van der Waals surface area contributed by atoms with E-state index in [1.807, 2.05) is 6.07 Å². The average molecular weight is 230 g/mol. The van der Waals surface area contributed by atoms with E-state index < -0.39 is 5.97 Å². The number of carboxylic acid groups (broad SMARTS) is 1. The maximum absolute atomic E-state index is 10.8. The first kappa shape index (κ1) is 10.6. The highest BCUT2D eigenvalue weighted by molar-refractivity contribution is 5.91. The van der Waals surface area contributed by atoms with E-state index in [2.05, 4.69) is 15.3 Å². The Morgan fingerprint density at radius 2 is 2.35 bits per heavy atom. The van der Waals surface area contributed by atoms with Crippen LogP contribution in [0.5, 0.6) is 0 Å². The molecule has 2 aromatic rings. The van der Waals surface area contributed by atoms with Crippen molar-refractivity contribution in [2.24, 2.45) is 0 Å². The molecule has 2 aromatic heterocycles. The van der Waals surface area contributed by atoms with Crippen LogP contribution in [0.15, 0.2) is 18.5 Å². The van der Waals surface area contributed by atoms with Crippen LogP contribution in [0.25, 0.3) is 5.82 Å². The summed E-state index contributed by atoms with van der Waals surface area (Å²) < 4.78 is 1.12. The second kappa shape index (κ2) is 3.90. The first-order chi connectivity index (χ1) is 8.13. The van der Waals surface area contributed by atoms with Crippen LogP contribution in [0, 0.1) is 11.3 Å². The lowest BCUT2D eigenvalue weighted by atomic mass is 10.3. The first-order valence-electron chi connectivity index (χ1n) is 4.44. The molecule has 0 saturated heterocycles. The molecule has 8 nitrogen and oxygen atoms in total. The van der Waals surface area contributed by atoms with E-state index in [9.17, 15) is 4.79 Å². The van der Waals surface area contributed by atoms with Crippen molar-refractivity contribution >= 4 is 11.7 Å². The largest absolute Gasteiger partial charge is 0.476 e. The van der Waals surface area contributed by atoms with Gasteiger partial charge >= 0.3 is 5.97 Å². The minimum atomic E-state index is -1.25. The number of nitrogens with two attached hydrogens (primary N) is 1. The van der Waals surface area contributed by atoms with Crippen LogP contribution in [0.4, 0.5) is 5.69 Å². The minimum absolute atomic E-state index is 0.00737. The van der Waals surface area contributed by atoms with E-state index in [4.69, 9.17) is 16.1 Å². The maximum atomic E-state index is 10.8. The molecule has 0 saturated carbocycles. The second-order valence-corrected chi connectivity index (χ2v) is 3.06. The van der Waals surface area contributed by atoms with Crippen LogP contribution < -0.4 is 5.73 Å². The van der Waals surface area contributed by atoms with E-state index in [1.165, 1.54) is 18.5 Å². The van der Waals surface area contributed by atoms with Crippen molar-refractivity contribution < 1.29 is 9.90 Å². The van der Waals surface area contributed by atoms with Crippen molar-refractivity contribution in [2.45, 2.75) is 0 Å². The summed E-state index contributed by atoms with van der Waals surface area (Å²) in [5.74, 6) is -1.11. The van der Waals surface area contributed by atoms with E-state index in [0.717, 1.165) is 4.68 Å². The predicted molar refractivity (Wildman–Crippen MR) is 55.2 cm³/mol. The Morgan fingerprint density at radius 1 is 1.59 bits per heavy atom. The van der Waals surface area contributed by atoms with Gasteiger partial charge in [-0.25, -0.2) is 9.48 Å². The van der Waals surface area contributed by atoms with Crippen LogP contribution in [0.1, 0.15) is 16.1 Å². The number of anilines is 1. The van der Waals surface area contributed by atoms with Gasteiger partial charge in [-0.15, -0.1) is 5.10 Å². The number of aromatic nitrogens is 4. The zero-order valence-corrected chi connectivity index (χ0v) is 8.40. The highest BCUT2D eigenvalue weighted by atomic mass is 16.4. The van der Waals surface area contributed by atoms with Gasteiger partial charge in [-0.3, -0.25) is 0 Å². The maximum Gasteiger partial charge on any atom is 0.358 e. The summed E-state index contributed by atoms with van der Waals surface area (Å²) in [4.78, 5) is 10.8. The number of carboxylic acids is 1. The van der Waals surface area contributed by atoms with E-state index in [-0.39, 0.29) is 22.8 Å². The van der Waals surface area contributed by atoms with Crippen LogP contribution in [0.3, 0.4) is 0 Å². The number of hydrogen-bond acceptors (Lipinski definition) is 6. The van der Waals surface area contributed by atoms with Crippen LogP contribution in [0.2, 0.25) is 0 Å². The van der Waals surface area contributed by atoms with Gasteiger partial charge < -0.3 is 10.8 Å². The Morgan fingerprint density at radius 3 is 2.94 bits per heavy atom. The molecule has 0 bridgehead atoms. The Kier molecular flexibility index (Phi) is 2.42. The number of nitrogens with zero attached hydrogens (tertiary/aromatic N) is 5. The van der Waals surface area contributed by atoms with Gasteiger partial charge in [0.25, 0.3) is 0 Å². The molecule has 0 atom stereocenters. The third-order valence-electron chi connectivity index (χ3n) is 1.98. The smallest absolute Gasteiger partial charge is 0.358 e. The molecular weight excluding hydrogens is 224 g/mol. The number of hydrogen-bond donors (Lipinski definition) is 2. The average Bonchev–Trinajstić information content (AvgIpc) is 2.71. The Hall–Kier alpha value is -2.95. The lowest BCUT2D eigenvalue weighted by molar-refractivity contribution is 0.0691. The van der Waals surface area contributed by atoms with E-state index in [1.54, 1.807) is 0 Å². The topological polar surface area (TPSA) is 131 Å². The van der Waals surface area contributed by atoms with Gasteiger partial charge in [0.1, 0.15) is 11.6 Å². The number of rotatable bonds is 2. The van der Waals surface area contributed by atoms with Gasteiger partial charge in [0.2, 0.25) is 0 Å². The molecule has 0 spiro atoms. The number of carbonyl (C=O) groups is 1. The van der Waals surface area contributed by atoms with Gasteiger partial charge in [0.05, 0.1) is 18.1 Å². The molecule has 0 radical (unpaired) electrons. The van der Waals surface area contributed by atoms with E-state index in [0.29, 0.717) is 0 Å². The zero-order chi connectivity index (χ0) is 12.4. The summed E-state index contributed by atoms with van der Waals surface area (Å²) in [6, 6.07) is 3.35. The zero-order valence-electron chi connectivity index (χ0n) is 8.40. The molecule has 2 rings (SSSR count). The molecule has 0 aliphatic heterocycles. The molecule has 17 heavy (non-hydrogen) atoms. The summed E-state index contributed by atoms with van der Waals surface area (Å²) in [5, 5.41) is 28.7. The molecular formula is C9H6N6O2. The summed E-state index contributed by atoms with van der Waals surface area (Å²) in [5.41, 5.74) is 5.40. The fourth-order valence-electron chi connectivity index (χ4n) is 1.24. The molecule has 2 heterocycles. The van der Waals surface area contributed by atoms with Crippen molar-refractivity contribution in [1.82, 2.24) is 20.0 Å². The number of aromatic carboxylic acids is 1. The summed E-state index contributed by atoms with van der Waals surface area (Å²) >= 11 is 0. The third-order valence-corrected chi connectivity index (χ3v) is 1.98. The Labute approximate surface area is 94.9 Å². The SMILES string of the molecule is N#Cc1ccnnc1-n1cc(N)c(C(=O)O)n1. The standard InChI is InChI=1S/C9H6N6O2/c10-3-5-1-2-12-13-8(5)15-4-6(11)7(14-15)9(16)17/h1-2,4H,11H2,(H,16,17). The van der Waals surface area contributed by atoms with E-state index >= 15 is 0 Å². The summed E-state index contributed by atoms with van der Waals surface area (Å²) in [6.07, 6.45) is 2.63. The van der Waals surface area contributed by atoms with Crippen molar-refractivity contribution in [3.63, 3.8) is 0 Å². The molecule has 8 heteroatoms. The number of nitriles is 1. The van der Waals surface area contributed by atoms with Gasteiger partial charge in [-0.05, 0) is 6.07 Å². The van der Waals surface area contributed by atoms with Crippen LogP contribution >= 0.6 is 0 Å². The molecule has 0 aliphatic carbocycles. The molecule has 0 unspecified atom stereocenters. The lowest BCUT2D eigenvalue weighted by Crippen LogP contribution is -2.05.